The summed E-state index contributed by atoms with van der Waals surface area (Å²) in [6, 6.07) is 16.6. The van der Waals surface area contributed by atoms with Gasteiger partial charge in [-0.15, -0.1) is 0 Å². The number of hydrogen-bond acceptors (Lipinski definition) is 6. The van der Waals surface area contributed by atoms with Crippen LogP contribution in [0.15, 0.2) is 60.9 Å². The Bertz CT molecular complexity index is 959. The fourth-order valence-electron chi connectivity index (χ4n) is 2.77. The number of nitrogens with one attached hydrogen (secondary N) is 1. The van der Waals surface area contributed by atoms with Crippen molar-refractivity contribution in [3.63, 3.8) is 0 Å². The van der Waals surface area contributed by atoms with Crippen LogP contribution < -0.4 is 19.5 Å². The molecule has 1 heterocycles. The molecule has 0 aliphatic carbocycles. The maximum Gasteiger partial charge on any atom is 0.261 e. The van der Waals surface area contributed by atoms with Crippen LogP contribution in [0.25, 0.3) is 11.3 Å². The molecule has 30 heavy (non-hydrogen) atoms. The predicted molar refractivity (Wildman–Crippen MR) is 114 cm³/mol. The van der Waals surface area contributed by atoms with Gasteiger partial charge in [0.25, 0.3) is 5.91 Å². The lowest BCUT2D eigenvalue weighted by Crippen LogP contribution is -2.36. The summed E-state index contributed by atoms with van der Waals surface area (Å²) in [7, 11) is 1.63. The van der Waals surface area contributed by atoms with Gasteiger partial charge in [-0.3, -0.25) is 4.79 Å². The molecule has 2 aromatic carbocycles. The Morgan fingerprint density at radius 2 is 1.67 bits per heavy atom. The highest BCUT2D eigenvalue weighted by molar-refractivity contribution is 5.80. The van der Waals surface area contributed by atoms with Crippen molar-refractivity contribution in [2.24, 2.45) is 0 Å². The topological polar surface area (TPSA) is 82.6 Å². The maximum atomic E-state index is 12.4. The molecule has 0 aliphatic heterocycles. The van der Waals surface area contributed by atoms with Crippen LogP contribution in [0.4, 0.5) is 0 Å². The molecule has 0 radical (unpaired) electrons. The van der Waals surface area contributed by atoms with Gasteiger partial charge in [-0.2, -0.15) is 0 Å². The molecule has 1 amide bonds. The second kappa shape index (κ2) is 10.2. The number of nitrogens with zero attached hydrogens (tertiary/aromatic N) is 2. The highest BCUT2D eigenvalue weighted by Crippen LogP contribution is 2.21. The van der Waals surface area contributed by atoms with Gasteiger partial charge in [-0.25, -0.2) is 9.97 Å². The molecule has 3 aromatic rings. The summed E-state index contributed by atoms with van der Waals surface area (Å²) in [5, 5.41) is 2.85. The molecule has 0 aliphatic rings. The minimum absolute atomic E-state index is 0.228. The molecule has 1 atom stereocenters. The minimum atomic E-state index is -0.647. The van der Waals surface area contributed by atoms with Crippen LogP contribution in [0.1, 0.15) is 19.5 Å². The second-order valence-corrected chi connectivity index (χ2v) is 6.51. The summed E-state index contributed by atoms with van der Waals surface area (Å²) < 4.78 is 16.3. The molecule has 1 N–H and O–H groups in total. The summed E-state index contributed by atoms with van der Waals surface area (Å²) >= 11 is 0. The van der Waals surface area contributed by atoms with Crippen molar-refractivity contribution in [1.29, 1.82) is 0 Å². The fourth-order valence-corrected chi connectivity index (χ4v) is 2.77. The monoisotopic (exact) mass is 407 g/mol. The molecular formula is C23H25N3O4. The van der Waals surface area contributed by atoms with Crippen LogP contribution >= 0.6 is 0 Å². The first kappa shape index (κ1) is 21.1. The number of hydrogen-bond donors (Lipinski definition) is 1. The molecule has 0 saturated heterocycles. The van der Waals surface area contributed by atoms with Gasteiger partial charge in [0.2, 0.25) is 0 Å². The van der Waals surface area contributed by atoms with Gasteiger partial charge in [-0.1, -0.05) is 0 Å². The van der Waals surface area contributed by atoms with E-state index in [1.165, 1.54) is 6.33 Å². The van der Waals surface area contributed by atoms with Crippen LogP contribution in [-0.4, -0.2) is 35.7 Å². The Kier molecular flexibility index (Phi) is 7.21. The molecule has 7 heteroatoms. The number of carbonyl (C=O) groups is 1. The summed E-state index contributed by atoms with van der Waals surface area (Å²) in [5.74, 6) is 1.92. The van der Waals surface area contributed by atoms with Crippen molar-refractivity contribution in [3.8, 4) is 28.5 Å². The first-order valence-corrected chi connectivity index (χ1v) is 9.71. The average molecular weight is 407 g/mol. The molecule has 0 bridgehead atoms. The minimum Gasteiger partial charge on any atom is -0.497 e. The lowest BCUT2D eigenvalue weighted by Gasteiger charge is -2.15. The van der Waals surface area contributed by atoms with Crippen molar-refractivity contribution >= 4 is 5.91 Å². The molecular weight excluding hydrogens is 382 g/mol. The van der Waals surface area contributed by atoms with E-state index in [2.05, 4.69) is 15.3 Å². The first-order valence-electron chi connectivity index (χ1n) is 9.71. The van der Waals surface area contributed by atoms with Gasteiger partial charge < -0.3 is 19.5 Å². The predicted octanol–water partition coefficient (Wildman–Crippen LogP) is 3.63. The molecule has 0 fully saturated rings. The van der Waals surface area contributed by atoms with E-state index >= 15 is 0 Å². The normalized spacial score (nSPS) is 11.4. The summed E-state index contributed by atoms with van der Waals surface area (Å²) in [6.07, 6.45) is 0.840. The van der Waals surface area contributed by atoms with Gasteiger partial charge in [0, 0.05) is 5.56 Å². The van der Waals surface area contributed by atoms with Crippen LogP contribution in [0.3, 0.4) is 0 Å². The zero-order valence-corrected chi connectivity index (χ0v) is 17.3. The number of amides is 1. The SMILES string of the molecule is CCOc1ccc(OC(C)C(=O)NCc2cc(-c3ccc(OC)cc3)ncn2)cc1. The number of aromatic nitrogens is 2. The van der Waals surface area contributed by atoms with Gasteiger partial charge in [0.1, 0.15) is 23.6 Å². The molecule has 0 saturated carbocycles. The van der Waals surface area contributed by atoms with Crippen molar-refractivity contribution in [3.05, 3.63) is 66.6 Å². The lowest BCUT2D eigenvalue weighted by atomic mass is 10.1. The molecule has 1 unspecified atom stereocenters. The average Bonchev–Trinajstić information content (AvgIpc) is 2.79. The summed E-state index contributed by atoms with van der Waals surface area (Å²) in [6.45, 7) is 4.51. The van der Waals surface area contributed by atoms with Gasteiger partial charge in [0.15, 0.2) is 6.10 Å². The van der Waals surface area contributed by atoms with E-state index in [0.717, 1.165) is 22.8 Å². The fraction of sp³-hybridized carbons (Fsp3) is 0.261. The molecule has 1 aromatic heterocycles. The highest BCUT2D eigenvalue weighted by Gasteiger charge is 2.15. The number of ether oxygens (including phenoxy) is 3. The van der Waals surface area contributed by atoms with Crippen molar-refractivity contribution < 1.29 is 19.0 Å². The quantitative estimate of drug-likeness (QED) is 0.583. The number of rotatable bonds is 9. The van der Waals surface area contributed by atoms with Crippen molar-refractivity contribution in [2.45, 2.75) is 26.5 Å². The van der Waals surface area contributed by atoms with E-state index in [-0.39, 0.29) is 12.5 Å². The summed E-state index contributed by atoms with van der Waals surface area (Å²) in [4.78, 5) is 20.9. The first-order chi connectivity index (χ1) is 14.6. The highest BCUT2D eigenvalue weighted by atomic mass is 16.5. The van der Waals surface area contributed by atoms with E-state index < -0.39 is 6.10 Å². The Morgan fingerprint density at radius 1 is 1.00 bits per heavy atom. The zero-order chi connectivity index (χ0) is 21.3. The second-order valence-electron chi connectivity index (χ2n) is 6.51. The Balaban J connectivity index is 1.55. The number of methoxy groups -OCH3 is 1. The Hall–Kier alpha value is -3.61. The van der Waals surface area contributed by atoms with Gasteiger partial charge >= 0.3 is 0 Å². The van der Waals surface area contributed by atoms with Crippen LogP contribution in [0, 0.1) is 0 Å². The number of benzene rings is 2. The van der Waals surface area contributed by atoms with E-state index in [9.17, 15) is 4.79 Å². The van der Waals surface area contributed by atoms with Gasteiger partial charge in [0.05, 0.1) is 31.6 Å². The lowest BCUT2D eigenvalue weighted by molar-refractivity contribution is -0.127. The van der Waals surface area contributed by atoms with Gasteiger partial charge in [-0.05, 0) is 68.4 Å². The van der Waals surface area contributed by atoms with E-state index in [1.54, 1.807) is 26.2 Å². The molecule has 156 valence electrons. The van der Waals surface area contributed by atoms with Crippen molar-refractivity contribution in [2.75, 3.05) is 13.7 Å². The van der Waals surface area contributed by atoms with Crippen LogP contribution in [0.2, 0.25) is 0 Å². The zero-order valence-electron chi connectivity index (χ0n) is 17.3. The number of carbonyl (C=O) groups excluding carboxylic acids is 1. The standard InChI is InChI=1S/C23H25N3O4/c1-4-29-20-9-11-21(12-10-20)30-16(2)23(27)24-14-18-13-22(26-15-25-18)17-5-7-19(28-3)8-6-17/h5-13,15-16H,4,14H2,1-3H3,(H,24,27). The molecule has 3 rings (SSSR count). The Labute approximate surface area is 176 Å². The third kappa shape index (κ3) is 5.70. The van der Waals surface area contributed by atoms with Crippen LogP contribution in [0.5, 0.6) is 17.2 Å². The summed E-state index contributed by atoms with van der Waals surface area (Å²) in [5.41, 5.74) is 2.42. The largest absolute Gasteiger partial charge is 0.497 e. The van der Waals surface area contributed by atoms with Crippen LogP contribution in [-0.2, 0) is 11.3 Å². The third-order valence-electron chi connectivity index (χ3n) is 4.37. The van der Waals surface area contributed by atoms with E-state index in [1.807, 2.05) is 49.4 Å². The smallest absolute Gasteiger partial charge is 0.261 e. The van der Waals surface area contributed by atoms with E-state index in [0.29, 0.717) is 18.1 Å². The molecule has 7 nitrogen and oxygen atoms in total. The maximum absolute atomic E-state index is 12.4. The molecule has 0 spiro atoms. The Morgan fingerprint density at radius 3 is 2.33 bits per heavy atom. The third-order valence-corrected chi connectivity index (χ3v) is 4.37. The van der Waals surface area contributed by atoms with E-state index in [4.69, 9.17) is 14.2 Å². The van der Waals surface area contributed by atoms with Crippen molar-refractivity contribution in [1.82, 2.24) is 15.3 Å².